The first-order valence-corrected chi connectivity index (χ1v) is 12.2. The number of carbonyl (C=O) groups excluding carboxylic acids is 4. The van der Waals surface area contributed by atoms with Gasteiger partial charge >= 0.3 is 23.9 Å². The van der Waals surface area contributed by atoms with Crippen molar-refractivity contribution in [1.29, 1.82) is 0 Å². The molecule has 0 heterocycles. The maximum absolute atomic E-state index is 12.8. The summed E-state index contributed by atoms with van der Waals surface area (Å²) >= 11 is 0. The van der Waals surface area contributed by atoms with Gasteiger partial charge in [-0.3, -0.25) is 19.2 Å². The molecule has 0 unspecified atom stereocenters. The summed E-state index contributed by atoms with van der Waals surface area (Å²) in [5.74, 6) is -8.43. The van der Waals surface area contributed by atoms with Crippen LogP contribution in [-0.4, -0.2) is 117 Å². The van der Waals surface area contributed by atoms with Crippen LogP contribution in [0.15, 0.2) is 48.6 Å². The topological polar surface area (TPSA) is 248 Å². The Bertz CT molecular complexity index is 1080. The lowest BCUT2D eigenvalue weighted by molar-refractivity contribution is -0.138. The Balaban J connectivity index is 5.58. The highest BCUT2D eigenvalue weighted by Gasteiger charge is 2.22. The number of amides is 4. The predicted molar refractivity (Wildman–Crippen MR) is 145 cm³/mol. The van der Waals surface area contributed by atoms with Crippen LogP contribution in [0.4, 0.5) is 0 Å². The van der Waals surface area contributed by atoms with Crippen LogP contribution in [0.2, 0.25) is 0 Å². The molecule has 0 rings (SSSR count). The van der Waals surface area contributed by atoms with E-state index in [-0.39, 0.29) is 50.4 Å². The number of nitrogens with zero attached hydrogens (tertiary/aromatic N) is 2. The zero-order valence-electron chi connectivity index (χ0n) is 22.8. The molecule has 0 radical (unpaired) electrons. The monoisotopic (exact) mass is 594 g/mol. The van der Waals surface area contributed by atoms with Gasteiger partial charge in [-0.05, 0) is 0 Å². The van der Waals surface area contributed by atoms with E-state index in [1.165, 1.54) is 0 Å². The quantitative estimate of drug-likeness (QED) is 0.0876. The van der Waals surface area contributed by atoms with Crippen LogP contribution in [0.25, 0.3) is 0 Å². The molecule has 230 valence electrons. The highest BCUT2D eigenvalue weighted by atomic mass is 16.4. The van der Waals surface area contributed by atoms with Gasteiger partial charge in [0.25, 0.3) is 0 Å². The second-order valence-corrected chi connectivity index (χ2v) is 8.80. The highest BCUT2D eigenvalue weighted by molar-refractivity contribution is 5.95. The summed E-state index contributed by atoms with van der Waals surface area (Å²) in [5.41, 5.74) is -1.59. The Hall–Kier alpha value is -5.28. The van der Waals surface area contributed by atoms with Crippen molar-refractivity contribution in [3.63, 3.8) is 0 Å². The van der Waals surface area contributed by atoms with E-state index in [1.54, 1.807) is 0 Å². The molecule has 0 saturated carbocycles. The van der Waals surface area contributed by atoms with E-state index < -0.39 is 84.3 Å². The van der Waals surface area contributed by atoms with Gasteiger partial charge in [-0.1, -0.05) is 26.3 Å². The second-order valence-electron chi connectivity index (χ2n) is 8.80. The summed E-state index contributed by atoms with van der Waals surface area (Å²) in [6.45, 7) is 11.9. The van der Waals surface area contributed by atoms with Crippen molar-refractivity contribution < 1.29 is 58.8 Å². The van der Waals surface area contributed by atoms with Gasteiger partial charge in [0.1, 0.15) is 0 Å². The van der Waals surface area contributed by atoms with E-state index in [0.29, 0.717) is 0 Å². The lowest BCUT2D eigenvalue weighted by Gasteiger charge is -2.28. The molecule has 42 heavy (non-hydrogen) atoms. The Labute approximate surface area is 240 Å². The van der Waals surface area contributed by atoms with Crippen molar-refractivity contribution in [2.24, 2.45) is 0 Å². The van der Waals surface area contributed by atoms with E-state index in [1.807, 2.05) is 0 Å². The molecule has 0 aliphatic heterocycles. The minimum atomic E-state index is -1.42. The molecule has 0 saturated heterocycles. The normalized spacial score (nSPS) is 10.0. The number of aliphatic carboxylic acids is 4. The van der Waals surface area contributed by atoms with E-state index in [9.17, 15) is 38.4 Å². The van der Waals surface area contributed by atoms with Crippen molar-refractivity contribution >= 4 is 47.5 Å². The average Bonchev–Trinajstić information content (AvgIpc) is 2.88. The van der Waals surface area contributed by atoms with Gasteiger partial charge in [0.05, 0.1) is 25.7 Å². The number of carbonyl (C=O) groups is 8. The third-order valence-corrected chi connectivity index (χ3v) is 5.44. The summed E-state index contributed by atoms with van der Waals surface area (Å²) in [6, 6.07) is 0. The molecule has 0 aromatic heterocycles. The smallest absolute Gasteiger partial charge is 0.331 e. The molecule has 0 aliphatic carbocycles. The number of nitrogens with one attached hydrogen (secondary N) is 2. The van der Waals surface area contributed by atoms with Crippen LogP contribution in [0, 0.1) is 0 Å². The van der Waals surface area contributed by atoms with E-state index >= 15 is 0 Å². The summed E-state index contributed by atoms with van der Waals surface area (Å²) in [7, 11) is 0. The van der Waals surface area contributed by atoms with E-state index in [2.05, 4.69) is 36.9 Å². The average molecular weight is 595 g/mol. The Morgan fingerprint density at radius 3 is 0.976 bits per heavy atom. The van der Waals surface area contributed by atoms with Crippen LogP contribution in [0.3, 0.4) is 0 Å². The molecule has 16 heteroatoms. The molecule has 0 atom stereocenters. The number of rotatable bonds is 21. The van der Waals surface area contributed by atoms with E-state index in [0.717, 1.165) is 9.80 Å². The minimum Gasteiger partial charge on any atom is -0.478 e. The summed E-state index contributed by atoms with van der Waals surface area (Å²) < 4.78 is 0. The van der Waals surface area contributed by atoms with Gasteiger partial charge in [0, 0.05) is 61.6 Å². The lowest BCUT2D eigenvalue weighted by atomic mass is 10.2. The van der Waals surface area contributed by atoms with Gasteiger partial charge in [-0.2, -0.15) is 0 Å². The molecule has 4 amide bonds. The molecule has 6 N–H and O–H groups in total. The highest BCUT2D eigenvalue weighted by Crippen LogP contribution is 2.07. The summed E-state index contributed by atoms with van der Waals surface area (Å²) in [6.07, 6.45) is -2.24. The van der Waals surface area contributed by atoms with Crippen LogP contribution in [0.1, 0.15) is 25.7 Å². The maximum atomic E-state index is 12.8. The molecular formula is C26H34N4O12. The number of carboxylic acids is 4. The first-order valence-electron chi connectivity index (χ1n) is 12.2. The number of carboxylic acid groups (broad SMARTS) is 4. The minimum absolute atomic E-state index is 0.176. The summed E-state index contributed by atoms with van der Waals surface area (Å²) in [4.78, 5) is 95.7. The third kappa shape index (κ3) is 14.8. The van der Waals surface area contributed by atoms with Gasteiger partial charge in [0.15, 0.2) is 0 Å². The fraction of sp³-hybridized carbons (Fsp3) is 0.385. The van der Waals surface area contributed by atoms with Crippen molar-refractivity contribution in [1.82, 2.24) is 20.4 Å². The van der Waals surface area contributed by atoms with Crippen LogP contribution in [0.5, 0.6) is 0 Å². The first kappa shape index (κ1) is 36.7. The predicted octanol–water partition coefficient (Wildman–Crippen LogP) is -1.00. The van der Waals surface area contributed by atoms with E-state index in [4.69, 9.17) is 20.4 Å². The first-order chi connectivity index (χ1) is 19.5. The zero-order valence-corrected chi connectivity index (χ0v) is 22.8. The Morgan fingerprint density at radius 2 is 0.714 bits per heavy atom. The SMILES string of the molecule is C=C(CC(=O)NCCN(CCN(CCNC(=O)CC(=C)C(=O)O)C(=O)CC(=C)C(=O)O)C(=O)CC(=C)C(=O)O)C(=O)O. The fourth-order valence-corrected chi connectivity index (χ4v) is 3.03. The van der Waals surface area contributed by atoms with Crippen LogP contribution < -0.4 is 10.6 Å². The molecular weight excluding hydrogens is 560 g/mol. The Morgan fingerprint density at radius 1 is 0.452 bits per heavy atom. The summed E-state index contributed by atoms with van der Waals surface area (Å²) in [5, 5.41) is 40.6. The van der Waals surface area contributed by atoms with Gasteiger partial charge in [-0.25, -0.2) is 19.2 Å². The van der Waals surface area contributed by atoms with Gasteiger partial charge in [-0.15, -0.1) is 0 Å². The lowest BCUT2D eigenvalue weighted by Crippen LogP contribution is -2.46. The Kier molecular flexibility index (Phi) is 15.9. The van der Waals surface area contributed by atoms with Crippen molar-refractivity contribution in [2.45, 2.75) is 25.7 Å². The molecule has 16 nitrogen and oxygen atoms in total. The standard InChI is InChI=1S/C26H34N4O12/c1-15(23(35)36)11-19(31)27-5-7-29(21(33)13-17(3)25(39)40)9-10-30(22(34)14-18(4)26(41)42)8-6-28-20(32)12-16(2)24(37)38/h1-14H2,(H,27,31)(H,28,32)(H,35,36)(H,37,38)(H,39,40)(H,41,42). The zero-order chi connectivity index (χ0) is 32.6. The molecule has 0 fully saturated rings. The number of hydrogen-bond acceptors (Lipinski definition) is 8. The molecule has 0 aromatic rings. The molecule has 0 spiro atoms. The molecule has 0 bridgehead atoms. The van der Waals surface area contributed by atoms with Crippen molar-refractivity contribution in [3.05, 3.63) is 48.6 Å². The van der Waals surface area contributed by atoms with Crippen LogP contribution in [-0.2, 0) is 38.4 Å². The van der Waals surface area contributed by atoms with Crippen molar-refractivity contribution in [2.75, 3.05) is 39.3 Å². The molecule has 0 aliphatic rings. The van der Waals surface area contributed by atoms with Gasteiger partial charge in [0.2, 0.25) is 23.6 Å². The van der Waals surface area contributed by atoms with Crippen molar-refractivity contribution in [3.8, 4) is 0 Å². The fourth-order valence-electron chi connectivity index (χ4n) is 3.03. The second kappa shape index (κ2) is 18.1. The molecule has 0 aromatic carbocycles. The van der Waals surface area contributed by atoms with Crippen LogP contribution >= 0.6 is 0 Å². The van der Waals surface area contributed by atoms with Gasteiger partial charge < -0.3 is 40.9 Å². The maximum Gasteiger partial charge on any atom is 0.331 e. The largest absolute Gasteiger partial charge is 0.478 e. The number of hydrogen-bond donors (Lipinski definition) is 6. The third-order valence-electron chi connectivity index (χ3n) is 5.44.